The van der Waals surface area contributed by atoms with Crippen molar-refractivity contribution in [3.8, 4) is 0 Å². The van der Waals surface area contributed by atoms with Crippen LogP contribution in [-0.4, -0.2) is 18.6 Å². The van der Waals surface area contributed by atoms with Crippen molar-refractivity contribution in [3.63, 3.8) is 0 Å². The maximum atomic E-state index is 6.02. The summed E-state index contributed by atoms with van der Waals surface area (Å²) in [7, 11) is 0. The van der Waals surface area contributed by atoms with E-state index in [4.69, 9.17) is 5.73 Å². The quantitative estimate of drug-likeness (QED) is 0.823. The van der Waals surface area contributed by atoms with Gasteiger partial charge in [0.25, 0.3) is 0 Å². The van der Waals surface area contributed by atoms with Gasteiger partial charge in [0.15, 0.2) is 0 Å². The van der Waals surface area contributed by atoms with Crippen LogP contribution in [0.2, 0.25) is 0 Å². The Balaban J connectivity index is 2.27. The lowest BCUT2D eigenvalue weighted by atomic mass is 9.92. The molecular weight excluding hydrogens is 196 g/mol. The highest BCUT2D eigenvalue weighted by atomic mass is 15.2. The summed E-state index contributed by atoms with van der Waals surface area (Å²) in [4.78, 5) is 2.46. The number of para-hydroxylation sites is 1. The van der Waals surface area contributed by atoms with Gasteiger partial charge in [0.1, 0.15) is 0 Å². The second-order valence-electron chi connectivity index (χ2n) is 4.92. The summed E-state index contributed by atoms with van der Waals surface area (Å²) in [5.41, 5.74) is 7.45. The van der Waals surface area contributed by atoms with Crippen LogP contribution in [0.3, 0.4) is 0 Å². The van der Waals surface area contributed by atoms with Crippen molar-refractivity contribution in [3.05, 3.63) is 30.3 Å². The molecular formula is C14H22N2. The van der Waals surface area contributed by atoms with Crippen LogP contribution in [0.15, 0.2) is 30.3 Å². The summed E-state index contributed by atoms with van der Waals surface area (Å²) in [6.45, 7) is 6.28. The average Bonchev–Trinajstić information content (AvgIpc) is 3.15. The topological polar surface area (TPSA) is 29.3 Å². The molecule has 2 N–H and O–H groups in total. The first kappa shape index (κ1) is 11.5. The Labute approximate surface area is 98.4 Å². The number of benzene rings is 1. The Morgan fingerprint density at radius 3 is 2.38 bits per heavy atom. The molecule has 0 amide bonds. The average molecular weight is 218 g/mol. The summed E-state index contributed by atoms with van der Waals surface area (Å²) in [5.74, 6) is 0.776. The van der Waals surface area contributed by atoms with Crippen LogP contribution < -0.4 is 10.6 Å². The number of nitrogens with zero attached hydrogens (tertiary/aromatic N) is 1. The van der Waals surface area contributed by atoms with Gasteiger partial charge < -0.3 is 10.6 Å². The van der Waals surface area contributed by atoms with E-state index in [9.17, 15) is 0 Å². The standard InChI is InChI=1S/C14H22N2/c1-3-16(13-7-5-4-6-8-13)14(2,11-15)12-9-10-12/h4-8,12H,3,9-11,15H2,1-2H3. The third-order valence-corrected chi connectivity index (χ3v) is 3.87. The fourth-order valence-electron chi connectivity index (χ4n) is 2.65. The largest absolute Gasteiger partial charge is 0.365 e. The van der Waals surface area contributed by atoms with Gasteiger partial charge in [-0.15, -0.1) is 0 Å². The number of likely N-dealkylation sites (N-methyl/N-ethyl adjacent to an activating group) is 1. The summed E-state index contributed by atoms with van der Waals surface area (Å²) in [5, 5.41) is 0. The lowest BCUT2D eigenvalue weighted by molar-refractivity contribution is 0.383. The summed E-state index contributed by atoms with van der Waals surface area (Å²) in [6.07, 6.45) is 2.66. The zero-order chi connectivity index (χ0) is 11.6. The molecule has 0 heterocycles. The molecule has 1 saturated carbocycles. The third kappa shape index (κ3) is 1.94. The Hall–Kier alpha value is -1.02. The molecule has 1 atom stereocenters. The summed E-state index contributed by atoms with van der Waals surface area (Å²) >= 11 is 0. The molecule has 2 heteroatoms. The van der Waals surface area contributed by atoms with E-state index in [0.717, 1.165) is 19.0 Å². The van der Waals surface area contributed by atoms with Crippen LogP contribution in [0.25, 0.3) is 0 Å². The molecule has 1 fully saturated rings. The lowest BCUT2D eigenvalue weighted by Gasteiger charge is -2.42. The van der Waals surface area contributed by atoms with Gasteiger partial charge in [-0.1, -0.05) is 18.2 Å². The second-order valence-corrected chi connectivity index (χ2v) is 4.92. The zero-order valence-electron chi connectivity index (χ0n) is 10.3. The maximum Gasteiger partial charge on any atom is 0.0524 e. The van der Waals surface area contributed by atoms with Gasteiger partial charge in [0, 0.05) is 18.8 Å². The van der Waals surface area contributed by atoms with E-state index in [2.05, 4.69) is 49.1 Å². The molecule has 88 valence electrons. The predicted octanol–water partition coefficient (Wildman–Crippen LogP) is 2.64. The van der Waals surface area contributed by atoms with Crippen molar-refractivity contribution >= 4 is 5.69 Å². The zero-order valence-corrected chi connectivity index (χ0v) is 10.3. The second kappa shape index (κ2) is 4.46. The SMILES string of the molecule is CCN(c1ccccc1)C(C)(CN)C1CC1. The first-order valence-corrected chi connectivity index (χ1v) is 6.25. The van der Waals surface area contributed by atoms with Crippen LogP contribution in [0, 0.1) is 5.92 Å². The van der Waals surface area contributed by atoms with Crippen LogP contribution in [-0.2, 0) is 0 Å². The lowest BCUT2D eigenvalue weighted by Crippen LogP contribution is -2.53. The molecule has 0 saturated heterocycles. The van der Waals surface area contributed by atoms with Crippen molar-refractivity contribution in [2.75, 3.05) is 18.0 Å². The minimum absolute atomic E-state index is 0.135. The van der Waals surface area contributed by atoms with Gasteiger partial charge >= 0.3 is 0 Å². The van der Waals surface area contributed by atoms with Crippen molar-refractivity contribution in [1.29, 1.82) is 0 Å². The smallest absolute Gasteiger partial charge is 0.0524 e. The molecule has 16 heavy (non-hydrogen) atoms. The number of nitrogens with two attached hydrogens (primary N) is 1. The highest BCUT2D eigenvalue weighted by Gasteiger charge is 2.44. The third-order valence-electron chi connectivity index (χ3n) is 3.87. The minimum Gasteiger partial charge on any atom is -0.365 e. The van der Waals surface area contributed by atoms with Gasteiger partial charge in [-0.05, 0) is 44.7 Å². The van der Waals surface area contributed by atoms with Crippen LogP contribution in [0.4, 0.5) is 5.69 Å². The van der Waals surface area contributed by atoms with Crippen LogP contribution in [0.1, 0.15) is 26.7 Å². The number of anilines is 1. The van der Waals surface area contributed by atoms with Gasteiger partial charge in [-0.3, -0.25) is 0 Å². The predicted molar refractivity (Wildman–Crippen MR) is 69.6 cm³/mol. The first-order chi connectivity index (χ1) is 7.72. The van der Waals surface area contributed by atoms with Gasteiger partial charge in [-0.2, -0.15) is 0 Å². The molecule has 0 radical (unpaired) electrons. The number of hydrogen-bond acceptors (Lipinski definition) is 2. The van der Waals surface area contributed by atoms with E-state index < -0.39 is 0 Å². The molecule has 2 nitrogen and oxygen atoms in total. The molecule has 1 aliphatic carbocycles. The molecule has 0 aromatic heterocycles. The molecule has 0 bridgehead atoms. The van der Waals surface area contributed by atoms with E-state index in [-0.39, 0.29) is 5.54 Å². The normalized spacial score (nSPS) is 19.2. The van der Waals surface area contributed by atoms with Crippen molar-refractivity contribution in [1.82, 2.24) is 0 Å². The van der Waals surface area contributed by atoms with E-state index in [1.807, 2.05) is 0 Å². The number of rotatable bonds is 5. The highest BCUT2D eigenvalue weighted by Crippen LogP contribution is 2.43. The molecule has 1 unspecified atom stereocenters. The maximum absolute atomic E-state index is 6.02. The molecule has 1 aromatic carbocycles. The van der Waals surface area contributed by atoms with Crippen molar-refractivity contribution in [2.45, 2.75) is 32.2 Å². The molecule has 1 aromatic rings. The fourth-order valence-corrected chi connectivity index (χ4v) is 2.65. The van der Waals surface area contributed by atoms with E-state index >= 15 is 0 Å². The molecule has 0 aliphatic heterocycles. The molecule has 1 aliphatic rings. The Bertz CT molecular complexity index is 332. The minimum atomic E-state index is 0.135. The van der Waals surface area contributed by atoms with Gasteiger partial charge in [0.2, 0.25) is 0 Å². The van der Waals surface area contributed by atoms with Crippen LogP contribution in [0.5, 0.6) is 0 Å². The van der Waals surface area contributed by atoms with E-state index in [1.54, 1.807) is 0 Å². The first-order valence-electron chi connectivity index (χ1n) is 6.25. The Morgan fingerprint density at radius 1 is 1.31 bits per heavy atom. The summed E-state index contributed by atoms with van der Waals surface area (Å²) in [6, 6.07) is 10.6. The number of hydrogen-bond donors (Lipinski definition) is 1. The van der Waals surface area contributed by atoms with Crippen molar-refractivity contribution in [2.24, 2.45) is 11.7 Å². The Morgan fingerprint density at radius 2 is 1.94 bits per heavy atom. The van der Waals surface area contributed by atoms with Gasteiger partial charge in [0.05, 0.1) is 5.54 Å². The highest BCUT2D eigenvalue weighted by molar-refractivity contribution is 5.49. The monoisotopic (exact) mass is 218 g/mol. The summed E-state index contributed by atoms with van der Waals surface area (Å²) < 4.78 is 0. The Kier molecular flexibility index (Phi) is 3.20. The van der Waals surface area contributed by atoms with Gasteiger partial charge in [-0.25, -0.2) is 0 Å². The molecule has 2 rings (SSSR count). The van der Waals surface area contributed by atoms with E-state index in [0.29, 0.717) is 0 Å². The van der Waals surface area contributed by atoms with E-state index in [1.165, 1.54) is 18.5 Å². The van der Waals surface area contributed by atoms with Crippen molar-refractivity contribution < 1.29 is 0 Å². The fraction of sp³-hybridized carbons (Fsp3) is 0.571. The van der Waals surface area contributed by atoms with Crippen LogP contribution >= 0.6 is 0 Å². The molecule has 0 spiro atoms.